The van der Waals surface area contributed by atoms with Crippen LogP contribution >= 0.6 is 0 Å². The monoisotopic (exact) mass is 441 g/mol. The average Bonchev–Trinajstić information content (AvgIpc) is 3.47. The molecular formula is C24H23N7O2. The van der Waals surface area contributed by atoms with E-state index in [1.165, 1.54) is 17.0 Å². The van der Waals surface area contributed by atoms with Crippen molar-refractivity contribution < 1.29 is 9.90 Å². The van der Waals surface area contributed by atoms with Crippen LogP contribution in [0.15, 0.2) is 60.0 Å². The van der Waals surface area contributed by atoms with Crippen LogP contribution in [0.3, 0.4) is 0 Å². The fraction of sp³-hybridized carbons (Fsp3) is 0.208. The van der Waals surface area contributed by atoms with Gasteiger partial charge >= 0.3 is 0 Å². The van der Waals surface area contributed by atoms with Gasteiger partial charge in [-0.2, -0.15) is 14.7 Å². The summed E-state index contributed by atoms with van der Waals surface area (Å²) in [6.07, 6.45) is 9.77. The summed E-state index contributed by atoms with van der Waals surface area (Å²) in [6.45, 7) is 1.75. The minimum Gasteiger partial charge on any atom is -0.394 e. The normalized spacial score (nSPS) is 15.7. The van der Waals surface area contributed by atoms with Crippen molar-refractivity contribution in [2.24, 2.45) is 4.99 Å². The Hall–Kier alpha value is -4.11. The Morgan fingerprint density at radius 3 is 2.73 bits per heavy atom. The van der Waals surface area contributed by atoms with Gasteiger partial charge in [0.15, 0.2) is 11.4 Å². The van der Waals surface area contributed by atoms with Gasteiger partial charge in [-0.15, -0.1) is 0 Å². The number of aromatic nitrogens is 5. The number of carbonyl (C=O) groups excluding carboxylic acids is 1. The van der Waals surface area contributed by atoms with E-state index in [1.807, 2.05) is 24.4 Å². The highest BCUT2D eigenvalue weighted by Gasteiger charge is 2.23. The second kappa shape index (κ2) is 8.44. The van der Waals surface area contributed by atoms with Gasteiger partial charge in [0.25, 0.3) is 0 Å². The highest BCUT2D eigenvalue weighted by molar-refractivity contribution is 6.13. The molecule has 0 spiro atoms. The quantitative estimate of drug-likeness (QED) is 0.443. The number of anilines is 1. The molecule has 1 aliphatic heterocycles. The summed E-state index contributed by atoms with van der Waals surface area (Å²) in [6, 6.07) is 10.2. The van der Waals surface area contributed by atoms with Crippen LogP contribution in [0.4, 0.5) is 5.82 Å². The molecule has 0 radical (unpaired) electrons. The number of dihydropyridines is 1. The standard InChI is InChI=1S/C24H23N7O2/c1-15(33)21-22(18-12-27-30(14-18)9-10-32)29-24-19(13-28-31(24)23(21)25)17-7-8-20(26-11-17)16-5-3-2-4-6-16/h2-7,11-14,20,32H,8-10,25H2,1H3. The van der Waals surface area contributed by atoms with Crippen LogP contribution in [-0.2, 0) is 6.54 Å². The molecule has 5 rings (SSSR count). The lowest BCUT2D eigenvalue weighted by Crippen LogP contribution is -2.11. The maximum Gasteiger partial charge on any atom is 0.165 e. The number of aliphatic imine (C=N–C) groups is 1. The van der Waals surface area contributed by atoms with Crippen LogP contribution in [0.25, 0.3) is 22.5 Å². The number of hydrogen-bond donors (Lipinski definition) is 2. The molecule has 0 fully saturated rings. The summed E-state index contributed by atoms with van der Waals surface area (Å²) in [5.74, 6) is 0.00664. The molecule has 1 aromatic carbocycles. The van der Waals surface area contributed by atoms with Crippen molar-refractivity contribution in [1.29, 1.82) is 0 Å². The van der Waals surface area contributed by atoms with Gasteiger partial charge in [0.2, 0.25) is 0 Å². The number of ketones is 1. The number of aliphatic hydroxyl groups is 1. The van der Waals surface area contributed by atoms with Gasteiger partial charge in [-0.3, -0.25) is 14.5 Å². The smallest absolute Gasteiger partial charge is 0.165 e. The van der Waals surface area contributed by atoms with Crippen LogP contribution in [0.1, 0.15) is 40.9 Å². The zero-order chi connectivity index (χ0) is 22.9. The first-order chi connectivity index (χ1) is 16.1. The Bertz CT molecular complexity index is 1400. The number of fused-ring (bicyclic) bond motifs is 1. The van der Waals surface area contributed by atoms with E-state index in [9.17, 15) is 9.90 Å². The lowest BCUT2D eigenvalue weighted by Gasteiger charge is -2.16. The van der Waals surface area contributed by atoms with Crippen LogP contribution in [0.2, 0.25) is 0 Å². The third-order valence-electron chi connectivity index (χ3n) is 5.72. The number of nitrogen functional groups attached to an aromatic ring is 1. The summed E-state index contributed by atoms with van der Waals surface area (Å²) in [5.41, 5.74) is 11.2. The third-order valence-corrected chi connectivity index (χ3v) is 5.72. The number of benzene rings is 1. The topological polar surface area (TPSA) is 124 Å². The lowest BCUT2D eigenvalue weighted by atomic mass is 9.98. The molecule has 3 aromatic heterocycles. The van der Waals surface area contributed by atoms with Gasteiger partial charge < -0.3 is 10.8 Å². The van der Waals surface area contributed by atoms with Gasteiger partial charge in [-0.05, 0) is 18.9 Å². The Morgan fingerprint density at radius 2 is 2.03 bits per heavy atom. The van der Waals surface area contributed by atoms with E-state index >= 15 is 0 Å². The zero-order valence-electron chi connectivity index (χ0n) is 18.1. The predicted molar refractivity (Wildman–Crippen MR) is 126 cm³/mol. The molecule has 1 atom stereocenters. The van der Waals surface area contributed by atoms with E-state index in [1.54, 1.807) is 23.3 Å². The van der Waals surface area contributed by atoms with E-state index in [0.717, 1.165) is 17.6 Å². The van der Waals surface area contributed by atoms with Crippen LogP contribution < -0.4 is 5.73 Å². The number of allylic oxidation sites excluding steroid dienone is 1. The third kappa shape index (κ3) is 3.72. The number of nitrogens with two attached hydrogens (primary N) is 1. The first-order valence-electron chi connectivity index (χ1n) is 10.7. The molecule has 166 valence electrons. The van der Waals surface area contributed by atoms with Crippen molar-refractivity contribution in [3.05, 3.63) is 71.7 Å². The molecule has 9 nitrogen and oxygen atoms in total. The summed E-state index contributed by atoms with van der Waals surface area (Å²) in [7, 11) is 0. The van der Waals surface area contributed by atoms with Crippen molar-refractivity contribution in [2.45, 2.75) is 25.9 Å². The molecule has 4 aromatic rings. The summed E-state index contributed by atoms with van der Waals surface area (Å²) in [4.78, 5) is 22.0. The highest BCUT2D eigenvalue weighted by atomic mass is 16.3. The second-order valence-electron chi connectivity index (χ2n) is 7.89. The van der Waals surface area contributed by atoms with Gasteiger partial charge in [0, 0.05) is 29.1 Å². The molecule has 4 heterocycles. The molecule has 0 amide bonds. The number of nitrogens with zero attached hydrogens (tertiary/aromatic N) is 6. The lowest BCUT2D eigenvalue weighted by molar-refractivity contribution is 0.101. The number of aliphatic hydroxyl groups excluding tert-OH is 1. The Kier molecular flexibility index (Phi) is 5.31. The molecule has 0 saturated heterocycles. The van der Waals surface area contributed by atoms with Gasteiger partial charge in [0.1, 0.15) is 5.82 Å². The summed E-state index contributed by atoms with van der Waals surface area (Å²) >= 11 is 0. The van der Waals surface area contributed by atoms with Crippen molar-refractivity contribution >= 4 is 29.0 Å². The van der Waals surface area contributed by atoms with Crippen molar-refractivity contribution in [3.8, 4) is 11.3 Å². The minimum absolute atomic E-state index is 0.0421. The van der Waals surface area contributed by atoms with Crippen LogP contribution in [0.5, 0.6) is 0 Å². The fourth-order valence-electron chi connectivity index (χ4n) is 4.08. The van der Waals surface area contributed by atoms with Crippen LogP contribution in [-0.4, -0.2) is 48.1 Å². The molecule has 9 heteroatoms. The predicted octanol–water partition coefficient (Wildman–Crippen LogP) is 2.97. The van der Waals surface area contributed by atoms with Gasteiger partial charge in [-0.25, -0.2) is 4.98 Å². The van der Waals surface area contributed by atoms with E-state index < -0.39 is 0 Å². The Labute approximate surface area is 189 Å². The van der Waals surface area contributed by atoms with Crippen molar-refractivity contribution in [2.75, 3.05) is 12.3 Å². The van der Waals surface area contributed by atoms with Gasteiger partial charge in [0.05, 0.1) is 42.8 Å². The summed E-state index contributed by atoms with van der Waals surface area (Å²) < 4.78 is 3.09. The molecule has 0 aliphatic carbocycles. The van der Waals surface area contributed by atoms with E-state index in [2.05, 4.69) is 28.4 Å². The molecular weight excluding hydrogens is 418 g/mol. The number of hydrogen-bond acceptors (Lipinski definition) is 7. The SMILES string of the molecule is CC(=O)c1c(-c2cnn(CCO)c2)nc2c(C3=CCC(c4ccccc4)N=C3)cnn2c1N. The molecule has 1 unspecified atom stereocenters. The molecule has 1 aliphatic rings. The van der Waals surface area contributed by atoms with Crippen LogP contribution in [0, 0.1) is 0 Å². The zero-order valence-corrected chi connectivity index (χ0v) is 18.1. The fourth-order valence-corrected chi connectivity index (χ4v) is 4.08. The molecule has 0 bridgehead atoms. The van der Waals surface area contributed by atoms with E-state index in [-0.39, 0.29) is 29.8 Å². The summed E-state index contributed by atoms with van der Waals surface area (Å²) in [5, 5.41) is 17.8. The first kappa shape index (κ1) is 20.8. The molecule has 33 heavy (non-hydrogen) atoms. The largest absolute Gasteiger partial charge is 0.394 e. The van der Waals surface area contributed by atoms with E-state index in [4.69, 9.17) is 15.7 Å². The van der Waals surface area contributed by atoms with Gasteiger partial charge in [-0.1, -0.05) is 36.4 Å². The average molecular weight is 441 g/mol. The minimum atomic E-state index is -0.215. The molecule has 0 saturated carbocycles. The maximum absolute atomic E-state index is 12.5. The van der Waals surface area contributed by atoms with Crippen molar-refractivity contribution in [1.82, 2.24) is 24.4 Å². The highest BCUT2D eigenvalue weighted by Crippen LogP contribution is 2.32. The Morgan fingerprint density at radius 1 is 1.21 bits per heavy atom. The molecule has 3 N–H and O–H groups in total. The van der Waals surface area contributed by atoms with E-state index in [0.29, 0.717) is 23.4 Å². The Balaban J connectivity index is 1.58. The second-order valence-corrected chi connectivity index (χ2v) is 7.89. The number of Topliss-reactive ketones (excluding diaryl/α,β-unsaturated/α-hetero) is 1. The first-order valence-corrected chi connectivity index (χ1v) is 10.7. The number of carbonyl (C=O) groups is 1. The maximum atomic E-state index is 12.5. The number of rotatable bonds is 6. The van der Waals surface area contributed by atoms with Crippen molar-refractivity contribution in [3.63, 3.8) is 0 Å².